The molecule has 9 heteroatoms. The second kappa shape index (κ2) is 8.92. The van der Waals surface area contributed by atoms with Gasteiger partial charge in [0.1, 0.15) is 5.82 Å². The van der Waals surface area contributed by atoms with Crippen molar-refractivity contribution in [2.45, 2.75) is 44.8 Å². The molecule has 0 saturated carbocycles. The number of halogens is 1. The predicted molar refractivity (Wildman–Crippen MR) is 99.4 cm³/mol. The Balaban J connectivity index is 1.46. The molecule has 150 valence electrons. The minimum absolute atomic E-state index is 0.0471. The molecule has 1 fully saturated rings. The van der Waals surface area contributed by atoms with Crippen LogP contribution in [0.2, 0.25) is 0 Å². The van der Waals surface area contributed by atoms with E-state index in [-0.39, 0.29) is 42.2 Å². The van der Waals surface area contributed by atoms with Gasteiger partial charge in [-0.05, 0) is 44.2 Å². The van der Waals surface area contributed by atoms with Crippen LogP contribution in [0.15, 0.2) is 28.8 Å². The summed E-state index contributed by atoms with van der Waals surface area (Å²) >= 11 is 0. The lowest BCUT2D eigenvalue weighted by Gasteiger charge is -2.25. The summed E-state index contributed by atoms with van der Waals surface area (Å²) in [5, 5.41) is 9.47. The van der Waals surface area contributed by atoms with Crippen LogP contribution in [0.25, 0.3) is 11.4 Å². The number of amides is 2. The lowest BCUT2D eigenvalue weighted by atomic mass is 10.1. The van der Waals surface area contributed by atoms with E-state index < -0.39 is 0 Å². The quantitative estimate of drug-likeness (QED) is 0.744. The van der Waals surface area contributed by atoms with E-state index in [0.29, 0.717) is 24.4 Å². The van der Waals surface area contributed by atoms with Gasteiger partial charge in [0.05, 0.1) is 6.54 Å². The molecule has 1 aromatic heterocycles. The fraction of sp³-hybridized carbons (Fsp3) is 0.474. The van der Waals surface area contributed by atoms with Gasteiger partial charge in [0.15, 0.2) is 0 Å². The van der Waals surface area contributed by atoms with E-state index in [1.54, 1.807) is 12.1 Å². The largest absolute Gasteiger partial charge is 0.355 e. The highest BCUT2D eigenvalue weighted by Crippen LogP contribution is 2.24. The molecule has 0 unspecified atom stereocenters. The minimum Gasteiger partial charge on any atom is -0.355 e. The summed E-state index contributed by atoms with van der Waals surface area (Å²) in [6.07, 6.45) is 2.22. The molecule has 28 heavy (non-hydrogen) atoms. The van der Waals surface area contributed by atoms with Gasteiger partial charge in [-0.1, -0.05) is 5.16 Å². The standard InChI is InChI=1S/C19H24FN5O3/c1-12(26)21-10-16-8-7-15(25(16)2)9-17(27)22-11-18-23-19(24-28-18)13-3-5-14(20)6-4-13/h3-6,15-16H,7-11H2,1-2H3,(H,21,26)(H,22,27)/t15-,16+/m0/s1. The van der Waals surface area contributed by atoms with Crippen LogP contribution in [0, 0.1) is 5.82 Å². The molecule has 2 amide bonds. The molecule has 1 saturated heterocycles. The third-order valence-corrected chi connectivity index (χ3v) is 5.00. The fourth-order valence-corrected chi connectivity index (χ4v) is 3.35. The van der Waals surface area contributed by atoms with Crippen molar-refractivity contribution in [1.82, 2.24) is 25.7 Å². The number of rotatable bonds is 7. The van der Waals surface area contributed by atoms with E-state index >= 15 is 0 Å². The first-order valence-corrected chi connectivity index (χ1v) is 9.24. The summed E-state index contributed by atoms with van der Waals surface area (Å²) in [5.74, 6) is 0.153. The Bertz CT molecular complexity index is 823. The van der Waals surface area contributed by atoms with Crippen molar-refractivity contribution in [2.75, 3.05) is 13.6 Å². The van der Waals surface area contributed by atoms with Gasteiger partial charge in [-0.2, -0.15) is 4.98 Å². The van der Waals surface area contributed by atoms with Crippen molar-refractivity contribution >= 4 is 11.8 Å². The van der Waals surface area contributed by atoms with Crippen molar-refractivity contribution in [3.05, 3.63) is 36.0 Å². The molecule has 0 bridgehead atoms. The molecule has 0 spiro atoms. The van der Waals surface area contributed by atoms with Crippen LogP contribution in [0.4, 0.5) is 4.39 Å². The van der Waals surface area contributed by atoms with Gasteiger partial charge in [0, 0.05) is 37.5 Å². The lowest BCUT2D eigenvalue weighted by molar-refractivity contribution is -0.122. The lowest BCUT2D eigenvalue weighted by Crippen LogP contribution is -2.41. The number of carbonyl (C=O) groups is 2. The van der Waals surface area contributed by atoms with E-state index in [1.165, 1.54) is 19.1 Å². The Kier molecular flexibility index (Phi) is 6.35. The van der Waals surface area contributed by atoms with Crippen LogP contribution in [0.3, 0.4) is 0 Å². The normalized spacial score (nSPS) is 19.5. The summed E-state index contributed by atoms with van der Waals surface area (Å²) in [6.45, 7) is 2.23. The first-order chi connectivity index (χ1) is 13.4. The molecule has 2 heterocycles. The second-order valence-electron chi connectivity index (χ2n) is 6.99. The molecule has 1 aliphatic rings. The van der Waals surface area contributed by atoms with Crippen molar-refractivity contribution < 1.29 is 18.5 Å². The van der Waals surface area contributed by atoms with Gasteiger partial charge in [0.25, 0.3) is 0 Å². The number of carbonyl (C=O) groups excluding carboxylic acids is 2. The van der Waals surface area contributed by atoms with Crippen molar-refractivity contribution in [2.24, 2.45) is 0 Å². The highest BCUT2D eigenvalue weighted by molar-refractivity contribution is 5.76. The highest BCUT2D eigenvalue weighted by Gasteiger charge is 2.31. The molecular formula is C19H24FN5O3. The minimum atomic E-state index is -0.337. The van der Waals surface area contributed by atoms with Gasteiger partial charge < -0.3 is 15.2 Å². The number of likely N-dealkylation sites (tertiary alicyclic amines) is 1. The molecule has 0 radical (unpaired) electrons. The van der Waals surface area contributed by atoms with Gasteiger partial charge >= 0.3 is 0 Å². The van der Waals surface area contributed by atoms with E-state index in [9.17, 15) is 14.0 Å². The molecule has 2 N–H and O–H groups in total. The fourth-order valence-electron chi connectivity index (χ4n) is 3.35. The Hall–Kier alpha value is -2.81. The number of hydrogen-bond donors (Lipinski definition) is 2. The first kappa shape index (κ1) is 19.9. The summed E-state index contributed by atoms with van der Waals surface area (Å²) in [7, 11) is 1.98. The van der Waals surface area contributed by atoms with Gasteiger partial charge in [-0.15, -0.1) is 0 Å². The molecule has 0 aliphatic carbocycles. The average Bonchev–Trinajstić information content (AvgIpc) is 3.27. The topological polar surface area (TPSA) is 100 Å². The number of likely N-dealkylation sites (N-methyl/N-ethyl adjacent to an activating group) is 1. The van der Waals surface area contributed by atoms with Crippen molar-refractivity contribution in [3.63, 3.8) is 0 Å². The first-order valence-electron chi connectivity index (χ1n) is 9.24. The molecule has 2 atom stereocenters. The number of nitrogens with zero attached hydrogens (tertiary/aromatic N) is 3. The maximum Gasteiger partial charge on any atom is 0.246 e. The van der Waals surface area contributed by atoms with Crippen molar-refractivity contribution in [3.8, 4) is 11.4 Å². The van der Waals surface area contributed by atoms with Crippen LogP contribution < -0.4 is 10.6 Å². The number of aromatic nitrogens is 2. The second-order valence-corrected chi connectivity index (χ2v) is 6.99. The van der Waals surface area contributed by atoms with Crippen LogP contribution >= 0.6 is 0 Å². The molecule has 2 aromatic rings. The maximum atomic E-state index is 13.0. The Morgan fingerprint density at radius 1 is 1.21 bits per heavy atom. The monoisotopic (exact) mass is 389 g/mol. The van der Waals surface area contributed by atoms with E-state index in [1.807, 2.05) is 7.05 Å². The number of nitrogens with one attached hydrogen (secondary N) is 2. The zero-order chi connectivity index (χ0) is 20.1. The summed E-state index contributed by atoms with van der Waals surface area (Å²) < 4.78 is 18.1. The maximum absolute atomic E-state index is 13.0. The predicted octanol–water partition coefficient (Wildman–Crippen LogP) is 1.48. The smallest absolute Gasteiger partial charge is 0.246 e. The summed E-state index contributed by atoms with van der Waals surface area (Å²) in [5.41, 5.74) is 0.639. The van der Waals surface area contributed by atoms with Gasteiger partial charge in [0.2, 0.25) is 23.5 Å². The summed E-state index contributed by atoms with van der Waals surface area (Å²) in [4.78, 5) is 29.7. The van der Waals surface area contributed by atoms with Crippen LogP contribution in [0.5, 0.6) is 0 Å². The molecular weight excluding hydrogens is 365 g/mol. The zero-order valence-electron chi connectivity index (χ0n) is 15.9. The molecule has 3 rings (SSSR count). The van der Waals surface area contributed by atoms with Gasteiger partial charge in [-0.25, -0.2) is 4.39 Å². The van der Waals surface area contributed by atoms with Crippen molar-refractivity contribution in [1.29, 1.82) is 0 Å². The van der Waals surface area contributed by atoms with E-state index in [4.69, 9.17) is 4.52 Å². The van der Waals surface area contributed by atoms with E-state index in [2.05, 4.69) is 25.7 Å². The molecule has 1 aromatic carbocycles. The molecule has 8 nitrogen and oxygen atoms in total. The average molecular weight is 389 g/mol. The number of hydrogen-bond acceptors (Lipinski definition) is 6. The van der Waals surface area contributed by atoms with Gasteiger partial charge in [-0.3, -0.25) is 14.5 Å². The zero-order valence-corrected chi connectivity index (χ0v) is 15.9. The Morgan fingerprint density at radius 2 is 1.93 bits per heavy atom. The Labute approximate surface area is 162 Å². The van der Waals surface area contributed by atoms with Crippen LogP contribution in [0.1, 0.15) is 32.1 Å². The third-order valence-electron chi connectivity index (χ3n) is 5.00. The summed E-state index contributed by atoms with van der Waals surface area (Å²) in [6, 6.07) is 6.16. The van der Waals surface area contributed by atoms with Crippen LogP contribution in [-0.4, -0.2) is 52.5 Å². The van der Waals surface area contributed by atoms with Crippen LogP contribution in [-0.2, 0) is 16.1 Å². The third kappa shape index (κ3) is 5.13. The SMILES string of the molecule is CC(=O)NC[C@H]1CC[C@@H](CC(=O)NCc2nc(-c3ccc(F)cc3)no2)N1C. The number of benzene rings is 1. The molecule has 1 aliphatic heterocycles. The Morgan fingerprint density at radius 3 is 2.64 bits per heavy atom. The highest BCUT2D eigenvalue weighted by atomic mass is 19.1. The van der Waals surface area contributed by atoms with E-state index in [0.717, 1.165) is 12.8 Å².